The molecule has 1 fully saturated rings. The maximum atomic E-state index is 13.6. The molecular weight excluding hydrogens is 430 g/mol. The second-order valence-corrected chi connectivity index (χ2v) is 7.35. The van der Waals surface area contributed by atoms with Gasteiger partial charge in [0.2, 0.25) is 11.7 Å². The summed E-state index contributed by atoms with van der Waals surface area (Å²) in [7, 11) is 0. The second-order valence-electron chi connectivity index (χ2n) is 7.35. The first kappa shape index (κ1) is 21.8. The predicted octanol–water partition coefficient (Wildman–Crippen LogP) is 5.03. The molecule has 1 saturated heterocycles. The standard InChI is InChI=1S/C22H19F4N3O3/c23-17-10-9-14(12-16(17)22(24,25)26)20-27-21(32-28-20)18-8-4-5-11-29(18)19(30)13-31-15-6-2-1-3-7-15/h1-3,6-7,9-10,12,18H,4-5,8,11,13H2/t18-/m1/s1. The molecule has 0 aliphatic carbocycles. The zero-order valence-corrected chi connectivity index (χ0v) is 16.8. The number of benzene rings is 2. The molecule has 32 heavy (non-hydrogen) atoms. The maximum Gasteiger partial charge on any atom is 0.419 e. The fraction of sp³-hybridized carbons (Fsp3) is 0.318. The lowest BCUT2D eigenvalue weighted by atomic mass is 10.0. The Bertz CT molecular complexity index is 1090. The van der Waals surface area contributed by atoms with Crippen molar-refractivity contribution in [1.82, 2.24) is 15.0 Å². The molecule has 168 valence electrons. The van der Waals surface area contributed by atoms with Crippen LogP contribution in [-0.2, 0) is 11.0 Å². The minimum Gasteiger partial charge on any atom is -0.484 e. The van der Waals surface area contributed by atoms with Gasteiger partial charge in [0, 0.05) is 12.1 Å². The van der Waals surface area contributed by atoms with Gasteiger partial charge < -0.3 is 14.2 Å². The van der Waals surface area contributed by atoms with E-state index in [1.807, 2.05) is 6.07 Å². The molecule has 1 amide bonds. The van der Waals surface area contributed by atoms with Crippen LogP contribution in [0.25, 0.3) is 11.4 Å². The maximum absolute atomic E-state index is 13.6. The Morgan fingerprint density at radius 3 is 2.69 bits per heavy atom. The van der Waals surface area contributed by atoms with Gasteiger partial charge in [0.1, 0.15) is 17.6 Å². The highest BCUT2D eigenvalue weighted by molar-refractivity contribution is 5.78. The van der Waals surface area contributed by atoms with Gasteiger partial charge in [-0.1, -0.05) is 23.4 Å². The summed E-state index contributed by atoms with van der Waals surface area (Å²) in [5.74, 6) is -1.08. The van der Waals surface area contributed by atoms with Crippen LogP contribution in [0.1, 0.15) is 36.8 Å². The Hall–Kier alpha value is -3.43. The smallest absolute Gasteiger partial charge is 0.419 e. The van der Waals surface area contributed by atoms with Crippen molar-refractivity contribution >= 4 is 5.91 Å². The van der Waals surface area contributed by atoms with Gasteiger partial charge in [-0.3, -0.25) is 4.79 Å². The van der Waals surface area contributed by atoms with E-state index >= 15 is 0 Å². The first-order valence-corrected chi connectivity index (χ1v) is 10.0. The van der Waals surface area contributed by atoms with Crippen LogP contribution in [0, 0.1) is 5.82 Å². The SMILES string of the molecule is O=C(COc1ccccc1)N1CCCC[C@@H]1c1nc(-c2ccc(F)c(C(F)(F)F)c2)no1. The highest BCUT2D eigenvalue weighted by Gasteiger charge is 2.35. The number of halogens is 4. The molecule has 1 aliphatic heterocycles. The largest absolute Gasteiger partial charge is 0.484 e. The fourth-order valence-corrected chi connectivity index (χ4v) is 3.60. The third-order valence-electron chi connectivity index (χ3n) is 5.19. The normalized spacial score (nSPS) is 16.8. The summed E-state index contributed by atoms with van der Waals surface area (Å²) >= 11 is 0. The summed E-state index contributed by atoms with van der Waals surface area (Å²) in [5, 5.41) is 3.76. The summed E-state index contributed by atoms with van der Waals surface area (Å²) in [6.07, 6.45) is -2.67. The third kappa shape index (κ3) is 4.74. The number of aromatic nitrogens is 2. The lowest BCUT2D eigenvalue weighted by Gasteiger charge is -2.33. The Kier molecular flexibility index (Phi) is 6.11. The number of hydrogen-bond donors (Lipinski definition) is 0. The molecule has 10 heteroatoms. The van der Waals surface area contributed by atoms with Gasteiger partial charge in [-0.2, -0.15) is 18.2 Å². The molecule has 1 atom stereocenters. The number of carbonyl (C=O) groups excluding carboxylic acids is 1. The Morgan fingerprint density at radius 1 is 1.16 bits per heavy atom. The van der Waals surface area contributed by atoms with Crippen molar-refractivity contribution in [3.8, 4) is 17.1 Å². The summed E-state index contributed by atoms with van der Waals surface area (Å²) in [4.78, 5) is 18.6. The minimum atomic E-state index is -4.85. The number of amides is 1. The molecule has 2 heterocycles. The molecule has 3 aromatic rings. The molecule has 4 rings (SSSR count). The van der Waals surface area contributed by atoms with Crippen molar-refractivity contribution in [3.63, 3.8) is 0 Å². The number of rotatable bonds is 5. The van der Waals surface area contributed by atoms with Crippen molar-refractivity contribution in [2.24, 2.45) is 0 Å². The predicted molar refractivity (Wildman–Crippen MR) is 105 cm³/mol. The van der Waals surface area contributed by atoms with E-state index in [0.29, 0.717) is 30.8 Å². The van der Waals surface area contributed by atoms with Crippen LogP contribution in [0.2, 0.25) is 0 Å². The van der Waals surface area contributed by atoms with Gasteiger partial charge in [0.05, 0.1) is 5.56 Å². The van der Waals surface area contributed by atoms with E-state index in [1.54, 1.807) is 29.2 Å². The molecule has 0 radical (unpaired) electrons. The fourth-order valence-electron chi connectivity index (χ4n) is 3.60. The average Bonchev–Trinajstić information content (AvgIpc) is 3.28. The van der Waals surface area contributed by atoms with Gasteiger partial charge in [0.15, 0.2) is 6.61 Å². The second kappa shape index (κ2) is 8.97. The number of nitrogens with zero attached hydrogens (tertiary/aromatic N) is 3. The molecular formula is C22H19F4N3O3. The van der Waals surface area contributed by atoms with Crippen molar-refractivity contribution in [2.45, 2.75) is 31.5 Å². The van der Waals surface area contributed by atoms with Crippen molar-refractivity contribution in [2.75, 3.05) is 13.2 Å². The number of likely N-dealkylation sites (tertiary alicyclic amines) is 1. The number of alkyl halides is 3. The zero-order valence-electron chi connectivity index (χ0n) is 16.8. The Morgan fingerprint density at radius 2 is 1.94 bits per heavy atom. The van der Waals surface area contributed by atoms with E-state index in [2.05, 4.69) is 10.1 Å². The van der Waals surface area contributed by atoms with Crippen LogP contribution >= 0.6 is 0 Å². The molecule has 0 unspecified atom stereocenters. The van der Waals surface area contributed by atoms with E-state index in [-0.39, 0.29) is 29.8 Å². The van der Waals surface area contributed by atoms with Crippen LogP contribution in [0.5, 0.6) is 5.75 Å². The van der Waals surface area contributed by atoms with Gasteiger partial charge in [-0.15, -0.1) is 0 Å². The van der Waals surface area contributed by atoms with Gasteiger partial charge in [-0.05, 0) is 49.6 Å². The van der Waals surface area contributed by atoms with Crippen LogP contribution in [-0.4, -0.2) is 34.1 Å². The molecule has 1 aromatic heterocycles. The lowest BCUT2D eigenvalue weighted by Crippen LogP contribution is -2.41. The highest BCUT2D eigenvalue weighted by Crippen LogP contribution is 2.35. The van der Waals surface area contributed by atoms with E-state index in [4.69, 9.17) is 9.26 Å². The van der Waals surface area contributed by atoms with Crippen LogP contribution in [0.4, 0.5) is 17.6 Å². The summed E-state index contributed by atoms with van der Waals surface area (Å²) in [6.45, 7) is 0.294. The van der Waals surface area contributed by atoms with E-state index in [0.717, 1.165) is 18.9 Å². The lowest BCUT2D eigenvalue weighted by molar-refractivity contribution is -0.140. The topological polar surface area (TPSA) is 68.5 Å². The third-order valence-corrected chi connectivity index (χ3v) is 5.19. The summed E-state index contributed by atoms with van der Waals surface area (Å²) in [6, 6.07) is 10.9. The number of piperidine rings is 1. The van der Waals surface area contributed by atoms with E-state index in [9.17, 15) is 22.4 Å². The molecule has 1 aliphatic rings. The van der Waals surface area contributed by atoms with Gasteiger partial charge in [-0.25, -0.2) is 4.39 Å². The number of hydrogen-bond acceptors (Lipinski definition) is 5. The van der Waals surface area contributed by atoms with Crippen molar-refractivity contribution in [1.29, 1.82) is 0 Å². The first-order valence-electron chi connectivity index (χ1n) is 10.0. The van der Waals surface area contributed by atoms with E-state index in [1.165, 1.54) is 0 Å². The van der Waals surface area contributed by atoms with Crippen molar-refractivity contribution < 1.29 is 31.6 Å². The average molecular weight is 449 g/mol. The zero-order chi connectivity index (χ0) is 22.7. The number of ether oxygens (including phenoxy) is 1. The minimum absolute atomic E-state index is 0.0326. The molecule has 0 bridgehead atoms. The summed E-state index contributed by atoms with van der Waals surface area (Å²) in [5.41, 5.74) is -1.44. The summed E-state index contributed by atoms with van der Waals surface area (Å²) < 4.78 is 63.4. The van der Waals surface area contributed by atoms with Gasteiger partial charge >= 0.3 is 6.18 Å². The Labute approximate surface area is 180 Å². The van der Waals surface area contributed by atoms with Crippen LogP contribution in [0.15, 0.2) is 53.1 Å². The molecule has 0 spiro atoms. The Balaban J connectivity index is 1.52. The number of para-hydroxylation sites is 1. The highest BCUT2D eigenvalue weighted by atomic mass is 19.4. The monoisotopic (exact) mass is 449 g/mol. The quantitative estimate of drug-likeness (QED) is 0.512. The number of carbonyl (C=O) groups is 1. The van der Waals surface area contributed by atoms with E-state index < -0.39 is 23.6 Å². The molecule has 0 saturated carbocycles. The van der Waals surface area contributed by atoms with Crippen molar-refractivity contribution in [3.05, 3.63) is 65.8 Å². The molecule has 2 aromatic carbocycles. The molecule has 6 nitrogen and oxygen atoms in total. The molecule has 0 N–H and O–H groups in total. The first-order chi connectivity index (χ1) is 15.3. The van der Waals surface area contributed by atoms with Crippen LogP contribution in [0.3, 0.4) is 0 Å². The van der Waals surface area contributed by atoms with Gasteiger partial charge in [0.25, 0.3) is 5.91 Å². The van der Waals surface area contributed by atoms with Crippen LogP contribution < -0.4 is 4.74 Å².